The number of hydrogen-bond donors (Lipinski definition) is 3. The molecular formula is C28H30ClF4N7O3. The van der Waals surface area contributed by atoms with E-state index in [-0.39, 0.29) is 53.8 Å². The summed E-state index contributed by atoms with van der Waals surface area (Å²) >= 11 is 6.39. The number of nitrogens with zero attached hydrogens (tertiary/aromatic N) is 4. The molecular weight excluding hydrogens is 594 g/mol. The van der Waals surface area contributed by atoms with Crippen LogP contribution >= 0.6 is 11.6 Å². The summed E-state index contributed by atoms with van der Waals surface area (Å²) in [6.45, 7) is 0.623. The fourth-order valence-electron chi connectivity index (χ4n) is 5.68. The molecule has 3 N–H and O–H groups in total. The molecule has 0 spiro atoms. The van der Waals surface area contributed by atoms with Gasteiger partial charge in [-0.3, -0.25) is 9.59 Å². The lowest BCUT2D eigenvalue weighted by Crippen LogP contribution is -2.53. The fourth-order valence-corrected chi connectivity index (χ4v) is 5.82. The SMILES string of the molecule is CCNC(=O)C1CN(c2ncc(Cl)c(Nc3ccc4c(c3)c3c(c(=O)n4C)OCC(F)(F)[C@H](C4CC4)N3)n2)CCC1(F)F. The van der Waals surface area contributed by atoms with Crippen molar-refractivity contribution in [3.63, 3.8) is 0 Å². The summed E-state index contributed by atoms with van der Waals surface area (Å²) in [5.74, 6) is -8.79. The molecule has 43 heavy (non-hydrogen) atoms. The van der Waals surface area contributed by atoms with Gasteiger partial charge in [0.1, 0.15) is 10.9 Å². The number of rotatable bonds is 6. The Hall–Kier alpha value is -3.81. The van der Waals surface area contributed by atoms with Gasteiger partial charge in [0.2, 0.25) is 17.6 Å². The molecule has 10 nitrogen and oxygen atoms in total. The van der Waals surface area contributed by atoms with E-state index in [2.05, 4.69) is 25.9 Å². The first-order valence-electron chi connectivity index (χ1n) is 14.0. The molecule has 1 amide bonds. The molecule has 3 aromatic rings. The number of alkyl halides is 4. The van der Waals surface area contributed by atoms with Crippen molar-refractivity contribution in [3.8, 4) is 5.75 Å². The summed E-state index contributed by atoms with van der Waals surface area (Å²) in [6, 6.07) is 3.82. The Bertz CT molecular complexity index is 1650. The van der Waals surface area contributed by atoms with Gasteiger partial charge in [-0.05, 0) is 43.9 Å². The molecule has 2 fully saturated rings. The zero-order valence-corrected chi connectivity index (χ0v) is 24.2. The molecule has 4 heterocycles. The average molecular weight is 624 g/mol. The third kappa shape index (κ3) is 5.41. The van der Waals surface area contributed by atoms with Crippen LogP contribution in [-0.2, 0) is 11.8 Å². The van der Waals surface area contributed by atoms with Crippen LogP contribution < -0.4 is 31.1 Å². The molecule has 15 heteroatoms. The highest BCUT2D eigenvalue weighted by molar-refractivity contribution is 6.33. The van der Waals surface area contributed by atoms with Gasteiger partial charge in [0.25, 0.3) is 11.5 Å². The summed E-state index contributed by atoms with van der Waals surface area (Å²) < 4.78 is 65.8. The minimum atomic E-state index is -3.17. The first kappa shape index (κ1) is 29.3. The van der Waals surface area contributed by atoms with E-state index in [0.717, 1.165) is 0 Å². The number of ether oxygens (including phenoxy) is 1. The number of benzene rings is 1. The first-order valence-corrected chi connectivity index (χ1v) is 14.4. The highest BCUT2D eigenvalue weighted by Crippen LogP contribution is 2.46. The van der Waals surface area contributed by atoms with Gasteiger partial charge in [0, 0.05) is 44.2 Å². The Morgan fingerprint density at radius 1 is 1.23 bits per heavy atom. The van der Waals surface area contributed by atoms with Crippen LogP contribution in [0.25, 0.3) is 10.9 Å². The van der Waals surface area contributed by atoms with Crippen molar-refractivity contribution in [2.45, 2.75) is 44.1 Å². The molecule has 1 aromatic carbocycles. The Morgan fingerprint density at radius 3 is 2.72 bits per heavy atom. The van der Waals surface area contributed by atoms with Gasteiger partial charge in [-0.1, -0.05) is 11.6 Å². The maximum Gasteiger partial charge on any atom is 0.301 e. The number of carbonyl (C=O) groups is 1. The van der Waals surface area contributed by atoms with Gasteiger partial charge in [0.15, 0.2) is 12.4 Å². The standard InChI is InChI=1S/C28H30ClF4N7O3/c1-3-34-24(41)17-12-40(9-8-27(17,30)31)26-35-11-18(29)23(38-26)36-15-6-7-19-16(10-15)20-21(25(42)39(19)2)43-13-28(32,33)22(37-20)14-4-5-14/h6-7,10-11,14,17,22,37H,3-5,8-9,12-13H2,1-2H3,(H,34,41)(H,35,36,38)/t17?,22-/m0/s1. The zero-order chi connectivity index (χ0) is 30.7. The van der Waals surface area contributed by atoms with Crippen LogP contribution in [0.4, 0.5) is 40.7 Å². The van der Waals surface area contributed by atoms with Gasteiger partial charge in [-0.25, -0.2) is 22.5 Å². The molecule has 2 aromatic heterocycles. The number of hydrogen-bond acceptors (Lipinski definition) is 8. The minimum absolute atomic E-state index is 0.0709. The molecule has 2 aliphatic heterocycles. The van der Waals surface area contributed by atoms with E-state index in [0.29, 0.717) is 29.4 Å². The van der Waals surface area contributed by atoms with Crippen molar-refractivity contribution in [2.24, 2.45) is 18.9 Å². The van der Waals surface area contributed by atoms with Crippen molar-refractivity contribution >= 4 is 51.6 Å². The highest BCUT2D eigenvalue weighted by Gasteiger charge is 2.51. The van der Waals surface area contributed by atoms with E-state index in [1.165, 1.54) is 22.7 Å². The molecule has 1 aliphatic carbocycles. The number of fused-ring (bicyclic) bond motifs is 3. The molecule has 6 rings (SSSR count). The maximum atomic E-state index is 15.0. The van der Waals surface area contributed by atoms with Crippen molar-refractivity contribution in [1.29, 1.82) is 0 Å². The van der Waals surface area contributed by atoms with Gasteiger partial charge in [-0.15, -0.1) is 0 Å². The number of aromatic nitrogens is 3. The molecule has 0 bridgehead atoms. The molecule has 3 aliphatic rings. The molecule has 1 saturated carbocycles. The average Bonchev–Trinajstić information content (AvgIpc) is 3.80. The van der Waals surface area contributed by atoms with Crippen LogP contribution in [0.2, 0.25) is 5.02 Å². The molecule has 1 saturated heterocycles. The van der Waals surface area contributed by atoms with Crippen LogP contribution in [0.5, 0.6) is 5.75 Å². The lowest BCUT2D eigenvalue weighted by molar-refractivity contribution is -0.141. The van der Waals surface area contributed by atoms with Gasteiger partial charge >= 0.3 is 5.92 Å². The zero-order valence-electron chi connectivity index (χ0n) is 23.4. The third-order valence-corrected chi connectivity index (χ3v) is 8.46. The van der Waals surface area contributed by atoms with Crippen LogP contribution in [0, 0.1) is 11.8 Å². The molecule has 230 valence electrons. The van der Waals surface area contributed by atoms with Crippen LogP contribution in [-0.4, -0.2) is 64.6 Å². The van der Waals surface area contributed by atoms with Crippen molar-refractivity contribution in [2.75, 3.05) is 41.8 Å². The van der Waals surface area contributed by atoms with Gasteiger partial charge in [0.05, 0.1) is 23.4 Å². The largest absolute Gasteiger partial charge is 0.480 e. The minimum Gasteiger partial charge on any atom is -0.480 e. The summed E-state index contributed by atoms with van der Waals surface area (Å²) in [4.78, 5) is 35.6. The fraction of sp³-hybridized carbons (Fsp3) is 0.500. The van der Waals surface area contributed by atoms with Gasteiger partial charge < -0.3 is 30.2 Å². The van der Waals surface area contributed by atoms with E-state index in [1.54, 1.807) is 25.1 Å². The van der Waals surface area contributed by atoms with Crippen molar-refractivity contribution in [3.05, 3.63) is 39.8 Å². The van der Waals surface area contributed by atoms with E-state index >= 15 is 0 Å². The van der Waals surface area contributed by atoms with Crippen LogP contribution in [0.3, 0.4) is 0 Å². The number of amides is 1. The van der Waals surface area contributed by atoms with E-state index in [4.69, 9.17) is 16.3 Å². The summed E-state index contributed by atoms with van der Waals surface area (Å²) in [5.41, 5.74) is 0.608. The number of piperidine rings is 1. The lowest BCUT2D eigenvalue weighted by atomic mass is 9.93. The van der Waals surface area contributed by atoms with Crippen molar-refractivity contribution in [1.82, 2.24) is 19.9 Å². The summed E-state index contributed by atoms with van der Waals surface area (Å²) in [7, 11) is 1.53. The second-order valence-electron chi connectivity index (χ2n) is 11.2. The molecule has 2 atom stereocenters. The Balaban J connectivity index is 1.33. The van der Waals surface area contributed by atoms with E-state index < -0.39 is 48.3 Å². The molecule has 1 unspecified atom stereocenters. The number of anilines is 4. The number of pyridine rings is 1. The maximum absolute atomic E-state index is 15.0. The van der Waals surface area contributed by atoms with Gasteiger partial charge in [-0.2, -0.15) is 4.98 Å². The van der Waals surface area contributed by atoms with Crippen molar-refractivity contribution < 1.29 is 27.1 Å². The Kier molecular flexibility index (Phi) is 7.30. The first-order chi connectivity index (χ1) is 20.4. The predicted molar refractivity (Wildman–Crippen MR) is 154 cm³/mol. The smallest absolute Gasteiger partial charge is 0.301 e. The third-order valence-electron chi connectivity index (χ3n) is 8.18. The predicted octanol–water partition coefficient (Wildman–Crippen LogP) is 4.54. The van der Waals surface area contributed by atoms with E-state index in [1.807, 2.05) is 0 Å². The Labute approximate surface area is 248 Å². The second kappa shape index (κ2) is 10.7. The number of nitrogens with one attached hydrogen (secondary N) is 3. The topological polar surface area (TPSA) is 113 Å². The summed E-state index contributed by atoms with van der Waals surface area (Å²) in [6.07, 6.45) is 2.10. The number of halogens is 5. The monoisotopic (exact) mass is 623 g/mol. The highest BCUT2D eigenvalue weighted by atomic mass is 35.5. The lowest BCUT2D eigenvalue weighted by Gasteiger charge is -2.37. The quantitative estimate of drug-likeness (QED) is 0.343. The number of carbonyl (C=O) groups excluding carboxylic acids is 1. The van der Waals surface area contributed by atoms with E-state index in [9.17, 15) is 27.2 Å². The Morgan fingerprint density at radius 2 is 2.00 bits per heavy atom. The molecule has 0 radical (unpaired) electrons. The normalized spacial score (nSPS) is 22.6. The van der Waals surface area contributed by atoms with Crippen LogP contribution in [0.1, 0.15) is 26.2 Å². The second-order valence-corrected chi connectivity index (χ2v) is 11.6. The number of aryl methyl sites for hydroxylation is 1. The summed E-state index contributed by atoms with van der Waals surface area (Å²) in [5, 5.41) is 9.10. The van der Waals surface area contributed by atoms with Crippen LogP contribution in [0.15, 0.2) is 29.2 Å².